The van der Waals surface area contributed by atoms with E-state index in [2.05, 4.69) is 4.74 Å². The highest BCUT2D eigenvalue weighted by Gasteiger charge is 2.39. The molecule has 0 saturated carbocycles. The third kappa shape index (κ3) is 5.01. The normalized spacial score (nSPS) is 18.2. The minimum Gasteiger partial charge on any atom is -0.465 e. The second kappa shape index (κ2) is 9.49. The number of ether oxygens (including phenoxy) is 2. The molecule has 1 N–H and O–H groups in total. The number of carbonyl (C=O) groups is 3. The van der Waals surface area contributed by atoms with E-state index in [0.29, 0.717) is 11.1 Å². The van der Waals surface area contributed by atoms with Crippen LogP contribution in [0.1, 0.15) is 27.9 Å². The fourth-order valence-corrected chi connectivity index (χ4v) is 3.32. The van der Waals surface area contributed by atoms with Crippen molar-refractivity contribution in [3.63, 3.8) is 0 Å². The molecular formula is C22H22FNO6. The maximum absolute atomic E-state index is 13.8. The van der Waals surface area contributed by atoms with Crippen molar-refractivity contribution in [2.45, 2.75) is 31.6 Å². The van der Waals surface area contributed by atoms with E-state index < -0.39 is 35.8 Å². The summed E-state index contributed by atoms with van der Waals surface area (Å²) in [7, 11) is 1.28. The second-order valence-corrected chi connectivity index (χ2v) is 7.02. The number of benzene rings is 2. The average Bonchev–Trinajstić information content (AvgIpc) is 3.15. The van der Waals surface area contributed by atoms with Gasteiger partial charge in [-0.3, -0.25) is 4.79 Å². The zero-order valence-corrected chi connectivity index (χ0v) is 16.4. The van der Waals surface area contributed by atoms with E-state index in [1.54, 1.807) is 30.3 Å². The van der Waals surface area contributed by atoms with Crippen molar-refractivity contribution in [1.29, 1.82) is 0 Å². The summed E-state index contributed by atoms with van der Waals surface area (Å²) < 4.78 is 23.8. The van der Waals surface area contributed by atoms with Crippen molar-refractivity contribution in [3.05, 3.63) is 71.0 Å². The van der Waals surface area contributed by atoms with Gasteiger partial charge in [0.2, 0.25) is 5.91 Å². The van der Waals surface area contributed by atoms with Gasteiger partial charge in [-0.15, -0.1) is 0 Å². The third-order valence-electron chi connectivity index (χ3n) is 4.93. The zero-order chi connectivity index (χ0) is 21.7. The molecule has 2 unspecified atom stereocenters. The van der Waals surface area contributed by atoms with Crippen LogP contribution in [-0.4, -0.2) is 53.7 Å². The maximum Gasteiger partial charge on any atom is 0.337 e. The molecule has 0 radical (unpaired) electrons. The number of amides is 1. The number of nitrogens with zero attached hydrogens (tertiary/aromatic N) is 1. The Morgan fingerprint density at radius 2 is 1.83 bits per heavy atom. The minimum atomic E-state index is -0.936. The van der Waals surface area contributed by atoms with Crippen LogP contribution in [0.4, 0.5) is 4.39 Å². The van der Waals surface area contributed by atoms with Crippen LogP contribution in [-0.2, 0) is 32.1 Å². The van der Waals surface area contributed by atoms with E-state index in [-0.39, 0.29) is 31.6 Å². The Morgan fingerprint density at radius 1 is 1.13 bits per heavy atom. The lowest BCUT2D eigenvalue weighted by Gasteiger charge is -2.23. The van der Waals surface area contributed by atoms with Gasteiger partial charge in [-0.25, -0.2) is 14.0 Å². The van der Waals surface area contributed by atoms with E-state index in [1.165, 1.54) is 30.2 Å². The number of carbonyl (C=O) groups excluding carboxylic acids is 3. The molecule has 0 aliphatic carbocycles. The van der Waals surface area contributed by atoms with Crippen LogP contribution in [0, 0.1) is 5.82 Å². The molecule has 0 spiro atoms. The molecule has 158 valence electrons. The summed E-state index contributed by atoms with van der Waals surface area (Å²) in [6, 6.07) is 11.4. The summed E-state index contributed by atoms with van der Waals surface area (Å²) in [6.07, 6.45) is -1.01. The van der Waals surface area contributed by atoms with Gasteiger partial charge < -0.3 is 19.5 Å². The average molecular weight is 415 g/mol. The Kier molecular flexibility index (Phi) is 6.79. The molecule has 3 rings (SSSR count). The van der Waals surface area contributed by atoms with E-state index in [4.69, 9.17) is 4.74 Å². The SMILES string of the molecule is COC(=O)c1ccc(COC(=O)C2CC(O)CN2C(=O)Cc2ccccc2F)cc1. The molecule has 1 saturated heterocycles. The Labute approximate surface area is 173 Å². The molecular weight excluding hydrogens is 393 g/mol. The second-order valence-electron chi connectivity index (χ2n) is 7.02. The Hall–Kier alpha value is -3.26. The first-order valence-corrected chi connectivity index (χ1v) is 9.44. The summed E-state index contributed by atoms with van der Waals surface area (Å²) in [6.45, 7) is -0.0664. The van der Waals surface area contributed by atoms with Crippen LogP contribution in [0.2, 0.25) is 0 Å². The highest BCUT2D eigenvalue weighted by atomic mass is 19.1. The lowest BCUT2D eigenvalue weighted by Crippen LogP contribution is -2.42. The van der Waals surface area contributed by atoms with Gasteiger partial charge in [0.25, 0.3) is 0 Å². The van der Waals surface area contributed by atoms with Crippen LogP contribution in [0.5, 0.6) is 0 Å². The maximum atomic E-state index is 13.8. The third-order valence-corrected chi connectivity index (χ3v) is 4.93. The molecule has 2 atom stereocenters. The van der Waals surface area contributed by atoms with Gasteiger partial charge in [-0.1, -0.05) is 30.3 Å². The minimum absolute atomic E-state index is 0.0130. The molecule has 8 heteroatoms. The van der Waals surface area contributed by atoms with Crippen LogP contribution >= 0.6 is 0 Å². The number of rotatable bonds is 6. The fraction of sp³-hybridized carbons (Fsp3) is 0.318. The number of methoxy groups -OCH3 is 1. The number of β-amino-alcohol motifs (C(OH)–C–C–N with tert-alkyl or cyclic N) is 1. The number of hydrogen-bond acceptors (Lipinski definition) is 6. The molecule has 1 fully saturated rings. The van der Waals surface area contributed by atoms with E-state index in [1.807, 2.05) is 0 Å². The summed E-state index contributed by atoms with van der Waals surface area (Å²) in [4.78, 5) is 37.9. The van der Waals surface area contributed by atoms with E-state index in [9.17, 15) is 23.9 Å². The first-order chi connectivity index (χ1) is 14.4. The number of halogens is 1. The number of esters is 2. The topological polar surface area (TPSA) is 93.1 Å². The van der Waals surface area contributed by atoms with Gasteiger partial charge >= 0.3 is 11.9 Å². The van der Waals surface area contributed by atoms with Crippen LogP contribution in [0.3, 0.4) is 0 Å². The summed E-state index contributed by atoms with van der Waals surface area (Å²) in [5, 5.41) is 9.96. The van der Waals surface area contributed by atoms with Crippen molar-refractivity contribution < 1.29 is 33.4 Å². The van der Waals surface area contributed by atoms with Gasteiger partial charge in [0.05, 0.1) is 25.2 Å². The Bertz CT molecular complexity index is 929. The predicted octanol–water partition coefficient (Wildman–Crippen LogP) is 1.86. The number of aliphatic hydroxyl groups is 1. The van der Waals surface area contributed by atoms with E-state index in [0.717, 1.165) is 0 Å². The smallest absolute Gasteiger partial charge is 0.337 e. The van der Waals surface area contributed by atoms with Crippen molar-refractivity contribution in [2.24, 2.45) is 0 Å². The van der Waals surface area contributed by atoms with Gasteiger partial charge in [-0.05, 0) is 29.3 Å². The van der Waals surface area contributed by atoms with Crippen molar-refractivity contribution in [1.82, 2.24) is 4.90 Å². The number of hydrogen-bond donors (Lipinski definition) is 1. The van der Waals surface area contributed by atoms with Gasteiger partial charge in [0.15, 0.2) is 0 Å². The molecule has 1 amide bonds. The number of aliphatic hydroxyl groups excluding tert-OH is 1. The van der Waals surface area contributed by atoms with Crippen molar-refractivity contribution in [2.75, 3.05) is 13.7 Å². The monoisotopic (exact) mass is 415 g/mol. The fourth-order valence-electron chi connectivity index (χ4n) is 3.32. The molecule has 0 aromatic heterocycles. The predicted molar refractivity (Wildman–Crippen MR) is 104 cm³/mol. The zero-order valence-electron chi connectivity index (χ0n) is 16.4. The van der Waals surface area contributed by atoms with Gasteiger partial charge in [-0.2, -0.15) is 0 Å². The highest BCUT2D eigenvalue weighted by molar-refractivity contribution is 5.89. The van der Waals surface area contributed by atoms with Crippen molar-refractivity contribution >= 4 is 17.8 Å². The van der Waals surface area contributed by atoms with Crippen molar-refractivity contribution in [3.8, 4) is 0 Å². The molecule has 1 aliphatic rings. The summed E-state index contributed by atoms with van der Waals surface area (Å²) >= 11 is 0. The highest BCUT2D eigenvalue weighted by Crippen LogP contribution is 2.22. The van der Waals surface area contributed by atoms with E-state index >= 15 is 0 Å². The number of likely N-dealkylation sites (tertiary alicyclic amines) is 1. The quantitative estimate of drug-likeness (QED) is 0.724. The molecule has 2 aromatic rings. The first kappa shape index (κ1) is 21.4. The lowest BCUT2D eigenvalue weighted by atomic mass is 10.1. The molecule has 0 bridgehead atoms. The lowest BCUT2D eigenvalue weighted by molar-refractivity contribution is -0.154. The molecule has 2 aromatic carbocycles. The first-order valence-electron chi connectivity index (χ1n) is 9.44. The van der Waals surface area contributed by atoms with Gasteiger partial charge in [0.1, 0.15) is 18.5 Å². The van der Waals surface area contributed by atoms with Gasteiger partial charge in [0, 0.05) is 13.0 Å². The Balaban J connectivity index is 1.61. The molecule has 30 heavy (non-hydrogen) atoms. The molecule has 7 nitrogen and oxygen atoms in total. The summed E-state index contributed by atoms with van der Waals surface area (Å²) in [5.74, 6) is -2.07. The van der Waals surface area contributed by atoms with Crippen LogP contribution < -0.4 is 0 Å². The Morgan fingerprint density at radius 3 is 2.50 bits per heavy atom. The summed E-state index contributed by atoms with van der Waals surface area (Å²) in [5.41, 5.74) is 1.25. The molecule has 1 heterocycles. The van der Waals surface area contributed by atoms with Crippen LogP contribution in [0.15, 0.2) is 48.5 Å². The molecule has 1 aliphatic heterocycles. The largest absolute Gasteiger partial charge is 0.465 e. The standard InChI is InChI=1S/C22H22FNO6/c1-29-21(27)15-8-6-14(7-9-15)13-30-22(28)19-11-17(25)12-24(19)20(26)10-16-4-2-3-5-18(16)23/h2-9,17,19,25H,10-13H2,1H3. The van der Waals surface area contributed by atoms with Crippen LogP contribution in [0.25, 0.3) is 0 Å².